The van der Waals surface area contributed by atoms with Gasteiger partial charge in [0.05, 0.1) is 6.54 Å². The number of likely N-dealkylation sites (N-methyl/N-ethyl adjacent to an activating group) is 1. The van der Waals surface area contributed by atoms with E-state index in [1.54, 1.807) is 0 Å². The molecule has 1 N–H and O–H groups in total. The first-order chi connectivity index (χ1) is 8.92. The van der Waals surface area contributed by atoms with Crippen molar-refractivity contribution in [2.24, 2.45) is 5.92 Å². The van der Waals surface area contributed by atoms with Gasteiger partial charge >= 0.3 is 0 Å². The van der Waals surface area contributed by atoms with Gasteiger partial charge in [0.2, 0.25) is 5.91 Å². The van der Waals surface area contributed by atoms with E-state index in [-0.39, 0.29) is 5.91 Å². The Balaban J connectivity index is 2.64. The van der Waals surface area contributed by atoms with E-state index in [0.29, 0.717) is 19.0 Å². The average molecular weight is 329 g/mol. The van der Waals surface area contributed by atoms with Crippen LogP contribution in [0.3, 0.4) is 0 Å². The van der Waals surface area contributed by atoms with E-state index in [1.807, 2.05) is 24.9 Å². The Hall–Kier alpha value is -1.17. The summed E-state index contributed by atoms with van der Waals surface area (Å²) in [6.45, 7) is 7.12. The van der Waals surface area contributed by atoms with Gasteiger partial charge in [-0.2, -0.15) is 0 Å². The molecule has 1 aromatic heterocycles. The number of aryl methyl sites for hydroxylation is 1. The molecular formula is C13H21BrN4O. The first-order valence-electron chi connectivity index (χ1n) is 6.43. The van der Waals surface area contributed by atoms with Gasteiger partial charge in [-0.05, 0) is 21.8 Å². The van der Waals surface area contributed by atoms with Crippen molar-refractivity contribution < 1.29 is 4.79 Å². The predicted octanol–water partition coefficient (Wildman–Crippen LogP) is 2.01. The topological polar surface area (TPSA) is 58.1 Å². The van der Waals surface area contributed by atoms with Crippen molar-refractivity contribution >= 4 is 27.7 Å². The van der Waals surface area contributed by atoms with Crippen molar-refractivity contribution in [3.8, 4) is 0 Å². The second kappa shape index (κ2) is 7.43. The molecular weight excluding hydrogens is 308 g/mol. The molecule has 6 heteroatoms. The fraction of sp³-hybridized carbons (Fsp3) is 0.615. The number of amides is 1. The Morgan fingerprint density at radius 2 is 2.16 bits per heavy atom. The Morgan fingerprint density at radius 3 is 2.74 bits per heavy atom. The summed E-state index contributed by atoms with van der Waals surface area (Å²) in [6.07, 6.45) is 0.764. The number of halogens is 1. The molecule has 1 rings (SSSR count). The lowest BCUT2D eigenvalue weighted by Gasteiger charge is -2.18. The zero-order chi connectivity index (χ0) is 14.4. The van der Waals surface area contributed by atoms with Crippen molar-refractivity contribution in [3.63, 3.8) is 0 Å². The molecule has 1 aromatic rings. The minimum Gasteiger partial charge on any atom is -0.354 e. The second-order valence-corrected chi connectivity index (χ2v) is 5.69. The van der Waals surface area contributed by atoms with E-state index in [2.05, 4.69) is 45.1 Å². The maximum atomic E-state index is 11.8. The summed E-state index contributed by atoms with van der Waals surface area (Å²) in [5.74, 6) is 1.97. The van der Waals surface area contributed by atoms with Gasteiger partial charge in [0.25, 0.3) is 0 Å². The highest BCUT2D eigenvalue weighted by atomic mass is 79.9. The van der Waals surface area contributed by atoms with Gasteiger partial charge in [0.15, 0.2) is 0 Å². The molecule has 0 aliphatic heterocycles. The average Bonchev–Trinajstić information content (AvgIpc) is 2.35. The molecule has 0 atom stereocenters. The normalized spacial score (nSPS) is 10.6. The van der Waals surface area contributed by atoms with E-state index in [1.165, 1.54) is 0 Å². The van der Waals surface area contributed by atoms with Gasteiger partial charge in [0.1, 0.15) is 16.2 Å². The van der Waals surface area contributed by atoms with Crippen molar-refractivity contribution in [3.05, 3.63) is 16.5 Å². The third-order valence-electron chi connectivity index (χ3n) is 2.52. The molecule has 0 aliphatic carbocycles. The summed E-state index contributed by atoms with van der Waals surface area (Å²) in [4.78, 5) is 22.2. The predicted molar refractivity (Wildman–Crippen MR) is 80.2 cm³/mol. The molecule has 106 valence electrons. The highest BCUT2D eigenvalue weighted by molar-refractivity contribution is 9.10. The van der Waals surface area contributed by atoms with Crippen LogP contribution < -0.4 is 10.2 Å². The summed E-state index contributed by atoms with van der Waals surface area (Å²) < 4.78 is 0.740. The maximum Gasteiger partial charge on any atom is 0.239 e. The molecule has 1 heterocycles. The van der Waals surface area contributed by atoms with Crippen LogP contribution in [0.5, 0.6) is 0 Å². The molecule has 0 radical (unpaired) electrons. The SMILES string of the molecule is CCc1nc(Br)cc(N(C)CC(=O)NCC(C)C)n1. The minimum atomic E-state index is 0.00369. The van der Waals surface area contributed by atoms with Crippen molar-refractivity contribution in [1.82, 2.24) is 15.3 Å². The van der Waals surface area contributed by atoms with Gasteiger partial charge < -0.3 is 10.2 Å². The van der Waals surface area contributed by atoms with Gasteiger partial charge in [-0.3, -0.25) is 4.79 Å². The van der Waals surface area contributed by atoms with Crippen LogP contribution in [-0.2, 0) is 11.2 Å². The Labute approximate surface area is 122 Å². The van der Waals surface area contributed by atoms with Gasteiger partial charge in [-0.25, -0.2) is 9.97 Å². The molecule has 19 heavy (non-hydrogen) atoms. The third-order valence-corrected chi connectivity index (χ3v) is 2.93. The van der Waals surface area contributed by atoms with Gasteiger partial charge in [-0.1, -0.05) is 20.8 Å². The fourth-order valence-electron chi connectivity index (χ4n) is 1.48. The molecule has 0 aliphatic rings. The summed E-state index contributed by atoms with van der Waals surface area (Å²) >= 11 is 3.36. The van der Waals surface area contributed by atoms with Crippen molar-refractivity contribution in [1.29, 1.82) is 0 Å². The highest BCUT2D eigenvalue weighted by Gasteiger charge is 2.10. The molecule has 5 nitrogen and oxygen atoms in total. The molecule has 0 unspecified atom stereocenters. The summed E-state index contributed by atoms with van der Waals surface area (Å²) in [7, 11) is 1.85. The minimum absolute atomic E-state index is 0.00369. The van der Waals surface area contributed by atoms with Crippen LogP contribution in [0.15, 0.2) is 10.7 Å². The van der Waals surface area contributed by atoms with Crippen LogP contribution in [0.25, 0.3) is 0 Å². The molecule has 1 amide bonds. The zero-order valence-corrected chi connectivity index (χ0v) is 13.5. The van der Waals surface area contributed by atoms with E-state index in [4.69, 9.17) is 0 Å². The Bertz CT molecular complexity index is 437. The molecule has 0 spiro atoms. The smallest absolute Gasteiger partial charge is 0.239 e. The summed E-state index contributed by atoms with van der Waals surface area (Å²) in [6, 6.07) is 1.81. The Morgan fingerprint density at radius 1 is 1.47 bits per heavy atom. The van der Waals surface area contributed by atoms with Crippen LogP contribution in [0.4, 0.5) is 5.82 Å². The van der Waals surface area contributed by atoms with Crippen LogP contribution in [-0.4, -0.2) is 36.0 Å². The van der Waals surface area contributed by atoms with Crippen LogP contribution in [0.2, 0.25) is 0 Å². The number of carbonyl (C=O) groups excluding carboxylic acids is 1. The number of hydrogen-bond acceptors (Lipinski definition) is 4. The Kier molecular flexibility index (Phi) is 6.21. The highest BCUT2D eigenvalue weighted by Crippen LogP contribution is 2.15. The number of rotatable bonds is 6. The largest absolute Gasteiger partial charge is 0.354 e. The summed E-state index contributed by atoms with van der Waals surface area (Å²) in [5, 5.41) is 2.89. The first kappa shape index (κ1) is 15.9. The van der Waals surface area contributed by atoms with E-state index < -0.39 is 0 Å². The van der Waals surface area contributed by atoms with Crippen LogP contribution in [0, 0.1) is 5.92 Å². The first-order valence-corrected chi connectivity index (χ1v) is 7.23. The van der Waals surface area contributed by atoms with Crippen LogP contribution >= 0.6 is 15.9 Å². The van der Waals surface area contributed by atoms with E-state index >= 15 is 0 Å². The molecule has 0 saturated carbocycles. The number of anilines is 1. The number of nitrogens with zero attached hydrogens (tertiary/aromatic N) is 3. The molecule has 0 fully saturated rings. The maximum absolute atomic E-state index is 11.8. The number of aromatic nitrogens is 2. The fourth-order valence-corrected chi connectivity index (χ4v) is 1.88. The number of nitrogens with one attached hydrogen (secondary N) is 1. The second-order valence-electron chi connectivity index (χ2n) is 4.87. The monoisotopic (exact) mass is 328 g/mol. The number of carbonyl (C=O) groups is 1. The molecule has 0 saturated heterocycles. The summed E-state index contributed by atoms with van der Waals surface area (Å²) in [5.41, 5.74) is 0. The van der Waals surface area contributed by atoms with E-state index in [9.17, 15) is 4.79 Å². The molecule has 0 aromatic carbocycles. The number of hydrogen-bond donors (Lipinski definition) is 1. The standard InChI is InChI=1S/C13H21BrN4O/c1-5-11-16-10(14)6-12(17-11)18(4)8-13(19)15-7-9(2)3/h6,9H,5,7-8H2,1-4H3,(H,15,19). The van der Waals surface area contributed by atoms with Crippen molar-refractivity contribution in [2.45, 2.75) is 27.2 Å². The van der Waals surface area contributed by atoms with E-state index in [0.717, 1.165) is 22.7 Å². The quantitative estimate of drug-likeness (QED) is 0.811. The third kappa shape index (κ3) is 5.55. The molecule has 0 bridgehead atoms. The lowest BCUT2D eigenvalue weighted by Crippen LogP contribution is -2.37. The lowest BCUT2D eigenvalue weighted by atomic mass is 10.2. The zero-order valence-electron chi connectivity index (χ0n) is 11.9. The van der Waals surface area contributed by atoms with Gasteiger partial charge in [-0.15, -0.1) is 0 Å². The van der Waals surface area contributed by atoms with Crippen LogP contribution in [0.1, 0.15) is 26.6 Å². The van der Waals surface area contributed by atoms with Crippen molar-refractivity contribution in [2.75, 3.05) is 25.0 Å². The lowest BCUT2D eigenvalue weighted by molar-refractivity contribution is -0.119. The van der Waals surface area contributed by atoms with Gasteiger partial charge in [0, 0.05) is 26.1 Å².